The molecule has 1 aliphatic heterocycles. The molecule has 2 heterocycles. The molecule has 1 aromatic heterocycles. The third kappa shape index (κ3) is 6.16. The number of amides is 2. The number of ether oxygens (including phenoxy) is 1. The highest BCUT2D eigenvalue weighted by Gasteiger charge is 2.25. The van der Waals surface area contributed by atoms with Crippen molar-refractivity contribution in [2.75, 3.05) is 30.3 Å². The number of para-hydroxylation sites is 1. The molecule has 0 atom stereocenters. The minimum atomic E-state index is -1.19. The number of carboxylic acid groups (broad SMARTS) is 2. The van der Waals surface area contributed by atoms with Crippen molar-refractivity contribution in [3.63, 3.8) is 0 Å². The van der Waals surface area contributed by atoms with Crippen molar-refractivity contribution < 1.29 is 29.3 Å². The predicted molar refractivity (Wildman–Crippen MR) is 141 cm³/mol. The van der Waals surface area contributed by atoms with E-state index >= 15 is 0 Å². The number of thiophene rings is 1. The van der Waals surface area contributed by atoms with Crippen molar-refractivity contribution in [3.8, 4) is 16.2 Å². The number of carboxylic acids is 2. The van der Waals surface area contributed by atoms with E-state index in [1.807, 2.05) is 54.6 Å². The molecular formula is C25H24BrN3O6S. The molecule has 3 aromatic rings. The number of nitrogens with zero attached hydrogens (tertiary/aromatic N) is 1. The van der Waals surface area contributed by atoms with Gasteiger partial charge < -0.3 is 30.5 Å². The van der Waals surface area contributed by atoms with Crippen molar-refractivity contribution in [3.05, 3.63) is 63.9 Å². The number of hydrogen-bond donors (Lipinski definition) is 4. The zero-order valence-corrected chi connectivity index (χ0v) is 21.5. The lowest BCUT2D eigenvalue weighted by molar-refractivity contribution is -0.139. The van der Waals surface area contributed by atoms with Crippen LogP contribution >= 0.6 is 27.3 Å². The fourth-order valence-corrected chi connectivity index (χ4v) is 5.81. The van der Waals surface area contributed by atoms with Crippen LogP contribution in [0.5, 0.6) is 5.75 Å². The summed E-state index contributed by atoms with van der Waals surface area (Å²) in [6.45, 7) is 0.607. The Kier molecular flexibility index (Phi) is 8.11. The van der Waals surface area contributed by atoms with Crippen molar-refractivity contribution in [2.45, 2.75) is 18.9 Å². The van der Waals surface area contributed by atoms with Gasteiger partial charge in [-0.3, -0.25) is 0 Å². The highest BCUT2D eigenvalue weighted by Crippen LogP contribution is 2.46. The highest BCUT2D eigenvalue weighted by molar-refractivity contribution is 9.10. The summed E-state index contributed by atoms with van der Waals surface area (Å²) < 4.78 is 5.65. The summed E-state index contributed by atoms with van der Waals surface area (Å²) in [4.78, 5) is 37.5. The van der Waals surface area contributed by atoms with Gasteiger partial charge in [-0.05, 0) is 58.6 Å². The first-order valence-corrected chi connectivity index (χ1v) is 12.8. The average molecular weight is 574 g/mol. The summed E-state index contributed by atoms with van der Waals surface area (Å²) in [6, 6.07) is 17.0. The monoisotopic (exact) mass is 573 g/mol. The van der Waals surface area contributed by atoms with Gasteiger partial charge in [0.25, 0.3) is 0 Å². The molecule has 11 heteroatoms. The van der Waals surface area contributed by atoms with Crippen LogP contribution in [0.1, 0.15) is 22.5 Å². The lowest BCUT2D eigenvalue weighted by atomic mass is 10.0. The lowest BCUT2D eigenvalue weighted by Crippen LogP contribution is -2.44. The number of likely N-dealkylation sites (tertiary alicyclic amines) is 1. The molecule has 1 saturated heterocycles. The van der Waals surface area contributed by atoms with Gasteiger partial charge in [-0.15, -0.1) is 11.3 Å². The van der Waals surface area contributed by atoms with Crippen LogP contribution in [0.15, 0.2) is 59.1 Å². The number of urea groups is 1. The maximum Gasteiger partial charge on any atom is 0.349 e. The molecule has 4 rings (SSSR count). The van der Waals surface area contributed by atoms with E-state index in [4.69, 9.17) is 9.84 Å². The molecule has 4 N–H and O–H groups in total. The average Bonchev–Trinajstić information content (AvgIpc) is 3.20. The molecule has 1 aliphatic rings. The van der Waals surface area contributed by atoms with E-state index in [1.165, 1.54) is 0 Å². The number of nitrogens with one attached hydrogen (secondary N) is 2. The van der Waals surface area contributed by atoms with Crippen LogP contribution in [0, 0.1) is 0 Å². The fraction of sp³-hybridized carbons (Fsp3) is 0.240. The lowest BCUT2D eigenvalue weighted by Gasteiger charge is -2.33. The predicted octanol–water partition coefficient (Wildman–Crippen LogP) is 5.45. The Morgan fingerprint density at radius 1 is 1.03 bits per heavy atom. The number of rotatable bonds is 8. The quantitative estimate of drug-likeness (QED) is 0.282. The van der Waals surface area contributed by atoms with E-state index in [2.05, 4.69) is 26.6 Å². The second-order valence-corrected chi connectivity index (χ2v) is 9.99. The van der Waals surface area contributed by atoms with Crippen LogP contribution in [0.25, 0.3) is 10.4 Å². The van der Waals surface area contributed by atoms with Crippen LogP contribution < -0.4 is 15.4 Å². The van der Waals surface area contributed by atoms with Gasteiger partial charge in [0, 0.05) is 30.5 Å². The van der Waals surface area contributed by atoms with Gasteiger partial charge in [-0.25, -0.2) is 14.4 Å². The van der Waals surface area contributed by atoms with Crippen molar-refractivity contribution in [2.24, 2.45) is 0 Å². The van der Waals surface area contributed by atoms with E-state index in [0.717, 1.165) is 41.1 Å². The number of halogens is 1. The summed E-state index contributed by atoms with van der Waals surface area (Å²) in [5.41, 5.74) is 2.40. The van der Waals surface area contributed by atoms with Gasteiger partial charge >= 0.3 is 18.0 Å². The second-order valence-electron chi connectivity index (χ2n) is 8.17. The van der Waals surface area contributed by atoms with Crippen LogP contribution in [-0.4, -0.2) is 58.8 Å². The molecular weight excluding hydrogens is 550 g/mol. The number of hydrogen-bond acceptors (Lipinski definition) is 6. The normalized spacial score (nSPS) is 13.8. The standard InChI is InChI=1S/C25H24BrN3O6S/c26-20-21(35-14-19(30)31)23(24(32)33)36-22(20)15-5-4-8-18(13-15)27-17-9-11-29(12-10-17)25(34)28-16-6-2-1-3-7-16/h1-8,13,17,27H,9-12,14H2,(H,28,34)(H,30,31)(H,32,33). The van der Waals surface area contributed by atoms with Gasteiger partial charge in [-0.1, -0.05) is 30.3 Å². The van der Waals surface area contributed by atoms with Gasteiger partial charge in [-0.2, -0.15) is 0 Å². The molecule has 0 spiro atoms. The van der Waals surface area contributed by atoms with Crippen LogP contribution in [0.2, 0.25) is 0 Å². The number of benzene rings is 2. The Hall–Kier alpha value is -3.57. The van der Waals surface area contributed by atoms with Crippen LogP contribution in [-0.2, 0) is 4.79 Å². The molecule has 0 unspecified atom stereocenters. The fourth-order valence-electron chi connectivity index (χ4n) is 3.92. The van der Waals surface area contributed by atoms with Crippen molar-refractivity contribution in [1.29, 1.82) is 0 Å². The minimum Gasteiger partial charge on any atom is -0.479 e. The summed E-state index contributed by atoms with van der Waals surface area (Å²) in [7, 11) is 0. The smallest absolute Gasteiger partial charge is 0.349 e. The molecule has 9 nitrogen and oxygen atoms in total. The van der Waals surface area contributed by atoms with Gasteiger partial charge in [0.15, 0.2) is 17.2 Å². The third-order valence-corrected chi connectivity index (χ3v) is 7.87. The number of aliphatic carboxylic acids is 1. The molecule has 36 heavy (non-hydrogen) atoms. The number of piperidine rings is 1. The summed E-state index contributed by atoms with van der Waals surface area (Å²) in [5, 5.41) is 24.9. The topological polar surface area (TPSA) is 128 Å². The number of anilines is 2. The summed E-state index contributed by atoms with van der Waals surface area (Å²) in [5.74, 6) is -2.38. The largest absolute Gasteiger partial charge is 0.479 e. The molecule has 2 aromatic carbocycles. The van der Waals surface area contributed by atoms with E-state index in [-0.39, 0.29) is 22.7 Å². The highest BCUT2D eigenvalue weighted by atomic mass is 79.9. The van der Waals surface area contributed by atoms with E-state index in [0.29, 0.717) is 22.4 Å². The Morgan fingerprint density at radius 3 is 2.39 bits per heavy atom. The van der Waals surface area contributed by atoms with E-state index in [9.17, 15) is 19.5 Å². The first kappa shape index (κ1) is 25.5. The van der Waals surface area contributed by atoms with Crippen molar-refractivity contribution in [1.82, 2.24) is 4.90 Å². The second kappa shape index (κ2) is 11.4. The zero-order valence-electron chi connectivity index (χ0n) is 19.1. The Balaban J connectivity index is 1.41. The molecule has 2 amide bonds. The van der Waals surface area contributed by atoms with Gasteiger partial charge in [0.1, 0.15) is 0 Å². The molecule has 188 valence electrons. The summed E-state index contributed by atoms with van der Waals surface area (Å²) >= 11 is 4.40. The number of carbonyl (C=O) groups is 3. The third-order valence-electron chi connectivity index (χ3n) is 5.65. The van der Waals surface area contributed by atoms with E-state index < -0.39 is 18.5 Å². The summed E-state index contributed by atoms with van der Waals surface area (Å²) in [6.07, 6.45) is 1.57. The Bertz CT molecular complexity index is 1260. The first-order valence-electron chi connectivity index (χ1n) is 11.2. The van der Waals surface area contributed by atoms with Gasteiger partial charge in [0.05, 0.1) is 9.35 Å². The first-order chi connectivity index (χ1) is 17.3. The molecule has 0 aliphatic carbocycles. The van der Waals surface area contributed by atoms with Crippen LogP contribution in [0.4, 0.5) is 16.2 Å². The van der Waals surface area contributed by atoms with Crippen LogP contribution in [0.3, 0.4) is 0 Å². The number of aromatic carboxylic acids is 1. The van der Waals surface area contributed by atoms with Crippen molar-refractivity contribution >= 4 is 56.6 Å². The SMILES string of the molecule is O=C(O)COc1c(C(=O)O)sc(-c2cccc(NC3CCN(C(=O)Nc4ccccc4)CC3)c2)c1Br. The Morgan fingerprint density at radius 2 is 1.72 bits per heavy atom. The molecule has 1 fully saturated rings. The molecule has 0 radical (unpaired) electrons. The Labute approximate surface area is 219 Å². The molecule has 0 saturated carbocycles. The number of carbonyl (C=O) groups excluding carboxylic acids is 1. The minimum absolute atomic E-state index is 0.00409. The zero-order chi connectivity index (χ0) is 25.7. The van der Waals surface area contributed by atoms with E-state index in [1.54, 1.807) is 4.90 Å². The maximum absolute atomic E-state index is 12.5. The van der Waals surface area contributed by atoms with Gasteiger partial charge in [0.2, 0.25) is 0 Å². The molecule has 0 bridgehead atoms. The maximum atomic E-state index is 12.5.